The van der Waals surface area contributed by atoms with Crippen LogP contribution in [0.3, 0.4) is 0 Å². The molecule has 2 rings (SSSR count). The summed E-state index contributed by atoms with van der Waals surface area (Å²) in [6.45, 7) is 1.87. The average molecular weight is 245 g/mol. The first kappa shape index (κ1) is 13.1. The monoisotopic (exact) mass is 245 g/mol. The van der Waals surface area contributed by atoms with Crippen molar-refractivity contribution in [3.63, 3.8) is 0 Å². The highest BCUT2D eigenvalue weighted by atomic mass is 16.1. The molecule has 0 radical (unpaired) electrons. The molecule has 98 valence electrons. The largest absolute Gasteiger partial charge is 0.326 e. The molecule has 2 heteroatoms. The predicted molar refractivity (Wildman–Crippen MR) is 75.6 cm³/mol. The first-order chi connectivity index (χ1) is 8.78. The normalized spacial score (nSPS) is 16.5. The topological polar surface area (TPSA) is 29.1 Å². The van der Waals surface area contributed by atoms with Crippen molar-refractivity contribution >= 4 is 11.6 Å². The molecule has 1 fully saturated rings. The van der Waals surface area contributed by atoms with E-state index in [9.17, 15) is 4.79 Å². The Morgan fingerprint density at radius 1 is 1.17 bits per heavy atom. The molecule has 0 bridgehead atoms. The van der Waals surface area contributed by atoms with E-state index in [0.29, 0.717) is 6.42 Å². The van der Waals surface area contributed by atoms with Crippen LogP contribution in [0.2, 0.25) is 0 Å². The van der Waals surface area contributed by atoms with E-state index in [1.54, 1.807) is 0 Å². The summed E-state index contributed by atoms with van der Waals surface area (Å²) in [6.07, 6.45) is 8.71. The third kappa shape index (κ3) is 3.86. The number of anilines is 1. The van der Waals surface area contributed by atoms with Crippen molar-refractivity contribution in [2.24, 2.45) is 5.92 Å². The second-order valence-corrected chi connectivity index (χ2v) is 5.31. The maximum atomic E-state index is 11.3. The van der Waals surface area contributed by atoms with E-state index in [-0.39, 0.29) is 5.91 Å². The highest BCUT2D eigenvalue weighted by Crippen LogP contribution is 2.27. The molecule has 1 aliphatic rings. The Kier molecular flexibility index (Phi) is 4.80. The molecule has 0 atom stereocenters. The quantitative estimate of drug-likeness (QED) is 0.848. The summed E-state index contributed by atoms with van der Waals surface area (Å²) >= 11 is 0. The highest BCUT2D eigenvalue weighted by molar-refractivity contribution is 5.90. The maximum absolute atomic E-state index is 11.3. The van der Waals surface area contributed by atoms with Gasteiger partial charge < -0.3 is 5.32 Å². The van der Waals surface area contributed by atoms with Gasteiger partial charge in [0.15, 0.2) is 0 Å². The lowest BCUT2D eigenvalue weighted by Crippen LogP contribution is -2.10. The fourth-order valence-electron chi connectivity index (χ4n) is 2.70. The number of hydrogen-bond donors (Lipinski definition) is 1. The molecule has 2 nitrogen and oxygen atoms in total. The lowest BCUT2D eigenvalue weighted by atomic mass is 9.85. The molecule has 0 aliphatic heterocycles. The van der Waals surface area contributed by atoms with Gasteiger partial charge in [0.25, 0.3) is 0 Å². The summed E-state index contributed by atoms with van der Waals surface area (Å²) in [5, 5.41) is 2.88. The molecule has 1 saturated carbocycles. The maximum Gasteiger partial charge on any atom is 0.224 e. The molecule has 1 N–H and O–H groups in total. The zero-order valence-electron chi connectivity index (χ0n) is 11.2. The molecule has 1 aromatic rings. The first-order valence-electron chi connectivity index (χ1n) is 7.16. The van der Waals surface area contributed by atoms with Gasteiger partial charge in [-0.05, 0) is 30.0 Å². The third-order valence-corrected chi connectivity index (χ3v) is 3.81. The van der Waals surface area contributed by atoms with E-state index in [4.69, 9.17) is 0 Å². The van der Waals surface area contributed by atoms with Crippen LogP contribution in [0.25, 0.3) is 0 Å². The summed E-state index contributed by atoms with van der Waals surface area (Å²) in [6, 6.07) is 8.34. The van der Waals surface area contributed by atoms with Crippen molar-refractivity contribution in [3.8, 4) is 0 Å². The van der Waals surface area contributed by atoms with E-state index in [1.165, 1.54) is 44.1 Å². The van der Waals surface area contributed by atoms with Gasteiger partial charge in [0, 0.05) is 12.1 Å². The number of carbonyl (C=O) groups is 1. The van der Waals surface area contributed by atoms with Gasteiger partial charge >= 0.3 is 0 Å². The fourth-order valence-corrected chi connectivity index (χ4v) is 2.70. The molecule has 0 spiro atoms. The lowest BCUT2D eigenvalue weighted by molar-refractivity contribution is -0.115. The third-order valence-electron chi connectivity index (χ3n) is 3.81. The van der Waals surface area contributed by atoms with Crippen molar-refractivity contribution in [1.82, 2.24) is 0 Å². The molecule has 1 aromatic carbocycles. The van der Waals surface area contributed by atoms with Crippen LogP contribution in [0.15, 0.2) is 24.3 Å². The summed E-state index contributed by atoms with van der Waals surface area (Å²) in [4.78, 5) is 11.3. The Labute approximate surface area is 110 Å². The Hall–Kier alpha value is -1.31. The molecule has 0 saturated heterocycles. The van der Waals surface area contributed by atoms with Crippen LogP contribution in [0.4, 0.5) is 5.69 Å². The van der Waals surface area contributed by atoms with Crippen LogP contribution >= 0.6 is 0 Å². The number of benzene rings is 1. The Balaban J connectivity index is 1.88. The van der Waals surface area contributed by atoms with Gasteiger partial charge in [-0.3, -0.25) is 4.79 Å². The summed E-state index contributed by atoms with van der Waals surface area (Å²) in [5.74, 6) is 0.949. The van der Waals surface area contributed by atoms with E-state index >= 15 is 0 Å². The van der Waals surface area contributed by atoms with Crippen molar-refractivity contribution in [3.05, 3.63) is 29.8 Å². The number of carbonyl (C=O) groups excluding carboxylic acids is 1. The Bertz CT molecular complexity index is 377. The van der Waals surface area contributed by atoms with E-state index in [2.05, 4.69) is 17.4 Å². The lowest BCUT2D eigenvalue weighted by Gasteiger charge is -2.21. The van der Waals surface area contributed by atoms with Crippen LogP contribution in [-0.2, 0) is 11.2 Å². The first-order valence-corrected chi connectivity index (χ1v) is 7.16. The van der Waals surface area contributed by atoms with Gasteiger partial charge in [-0.15, -0.1) is 0 Å². The Morgan fingerprint density at radius 3 is 2.44 bits per heavy atom. The molecular formula is C16H23NO. The average Bonchev–Trinajstić information content (AvgIpc) is 2.42. The van der Waals surface area contributed by atoms with Crippen molar-refractivity contribution in [2.75, 3.05) is 5.32 Å². The van der Waals surface area contributed by atoms with Crippen LogP contribution in [0, 0.1) is 5.92 Å². The van der Waals surface area contributed by atoms with Gasteiger partial charge in [0.1, 0.15) is 0 Å². The van der Waals surface area contributed by atoms with Crippen LogP contribution in [0.5, 0.6) is 0 Å². The highest BCUT2D eigenvalue weighted by Gasteiger charge is 2.13. The van der Waals surface area contributed by atoms with Crippen LogP contribution in [0.1, 0.15) is 51.0 Å². The fraction of sp³-hybridized carbons (Fsp3) is 0.562. The zero-order valence-corrected chi connectivity index (χ0v) is 11.2. The minimum atomic E-state index is 0.0787. The second kappa shape index (κ2) is 6.58. The molecule has 1 amide bonds. The zero-order chi connectivity index (χ0) is 12.8. The summed E-state index contributed by atoms with van der Waals surface area (Å²) in [7, 11) is 0. The molecule has 0 unspecified atom stereocenters. The molecule has 0 heterocycles. The number of hydrogen-bond acceptors (Lipinski definition) is 1. The van der Waals surface area contributed by atoms with Crippen molar-refractivity contribution in [2.45, 2.75) is 51.9 Å². The smallest absolute Gasteiger partial charge is 0.224 e. The van der Waals surface area contributed by atoms with E-state index < -0.39 is 0 Å². The molecule has 1 aliphatic carbocycles. The predicted octanol–water partition coefficient (Wildman–Crippen LogP) is 4.16. The SMILES string of the molecule is CCC(=O)Nc1ccc(CC2CCCCC2)cc1. The van der Waals surface area contributed by atoms with Crippen molar-refractivity contribution < 1.29 is 4.79 Å². The molecular weight excluding hydrogens is 222 g/mol. The van der Waals surface area contributed by atoms with E-state index in [0.717, 1.165) is 11.6 Å². The van der Waals surface area contributed by atoms with E-state index in [1.807, 2.05) is 19.1 Å². The van der Waals surface area contributed by atoms with Crippen LogP contribution in [-0.4, -0.2) is 5.91 Å². The number of amides is 1. The molecule has 18 heavy (non-hydrogen) atoms. The number of nitrogens with one attached hydrogen (secondary N) is 1. The summed E-state index contributed by atoms with van der Waals surface area (Å²) in [5.41, 5.74) is 2.31. The van der Waals surface area contributed by atoms with Gasteiger partial charge in [0.05, 0.1) is 0 Å². The van der Waals surface area contributed by atoms with Gasteiger partial charge in [-0.25, -0.2) is 0 Å². The van der Waals surface area contributed by atoms with Gasteiger partial charge in [-0.1, -0.05) is 51.2 Å². The second-order valence-electron chi connectivity index (χ2n) is 5.31. The van der Waals surface area contributed by atoms with Crippen LogP contribution < -0.4 is 5.32 Å². The standard InChI is InChI=1S/C16H23NO/c1-2-16(18)17-15-10-8-14(9-11-15)12-13-6-4-3-5-7-13/h8-11,13H,2-7,12H2,1H3,(H,17,18). The number of rotatable bonds is 4. The minimum Gasteiger partial charge on any atom is -0.326 e. The van der Waals surface area contributed by atoms with Crippen molar-refractivity contribution in [1.29, 1.82) is 0 Å². The Morgan fingerprint density at radius 2 is 1.83 bits per heavy atom. The summed E-state index contributed by atoms with van der Waals surface area (Å²) < 4.78 is 0. The minimum absolute atomic E-state index is 0.0787. The molecule has 0 aromatic heterocycles. The van der Waals surface area contributed by atoms with Gasteiger partial charge in [-0.2, -0.15) is 0 Å². The van der Waals surface area contributed by atoms with Gasteiger partial charge in [0.2, 0.25) is 5.91 Å².